The molecule has 0 aliphatic carbocycles. The van der Waals surface area contributed by atoms with E-state index < -0.39 is 0 Å². The van der Waals surface area contributed by atoms with Crippen LogP contribution in [-0.2, 0) is 0 Å². The Morgan fingerprint density at radius 2 is 1.90 bits per heavy atom. The van der Waals surface area contributed by atoms with E-state index in [2.05, 4.69) is 19.8 Å². The smallest absolute Gasteiger partial charge is 0.257 e. The third-order valence-electron chi connectivity index (χ3n) is 4.26. The predicted molar refractivity (Wildman–Crippen MR) is 76.0 cm³/mol. The standard InChI is InChI=1S/C14H22N4O2/c1-20-14-13(15-5-6-16-14)18-9-11(12(19)10-18)17-7-3-2-4-8-17/h5-6,11-12,19H,2-4,7-10H2,1H3/t11-,12-/m0/s1. The van der Waals surface area contributed by atoms with Gasteiger partial charge >= 0.3 is 0 Å². The van der Waals surface area contributed by atoms with E-state index in [1.54, 1.807) is 19.5 Å². The molecular weight excluding hydrogens is 256 g/mol. The Labute approximate surface area is 119 Å². The van der Waals surface area contributed by atoms with Crippen molar-refractivity contribution in [3.63, 3.8) is 0 Å². The average molecular weight is 278 g/mol. The van der Waals surface area contributed by atoms with Crippen LogP contribution in [0.1, 0.15) is 19.3 Å². The van der Waals surface area contributed by atoms with E-state index in [9.17, 15) is 5.11 Å². The molecule has 2 fully saturated rings. The molecule has 20 heavy (non-hydrogen) atoms. The molecule has 6 nitrogen and oxygen atoms in total. The monoisotopic (exact) mass is 278 g/mol. The highest BCUT2D eigenvalue weighted by Crippen LogP contribution is 2.28. The fraction of sp³-hybridized carbons (Fsp3) is 0.714. The average Bonchev–Trinajstić information content (AvgIpc) is 2.90. The normalized spacial score (nSPS) is 27.8. The molecule has 3 rings (SSSR count). The fourth-order valence-electron chi connectivity index (χ4n) is 3.23. The molecule has 1 aromatic rings. The molecular formula is C14H22N4O2. The van der Waals surface area contributed by atoms with Crippen molar-refractivity contribution in [2.45, 2.75) is 31.4 Å². The lowest BCUT2D eigenvalue weighted by atomic mass is 10.1. The predicted octanol–water partition coefficient (Wildman–Crippen LogP) is 0.521. The van der Waals surface area contributed by atoms with Crippen molar-refractivity contribution in [2.24, 2.45) is 0 Å². The van der Waals surface area contributed by atoms with Crippen LogP contribution in [0.3, 0.4) is 0 Å². The fourth-order valence-corrected chi connectivity index (χ4v) is 3.23. The Bertz CT molecular complexity index is 451. The highest BCUT2D eigenvalue weighted by molar-refractivity contribution is 5.49. The van der Waals surface area contributed by atoms with Gasteiger partial charge in [-0.1, -0.05) is 6.42 Å². The van der Waals surface area contributed by atoms with Crippen LogP contribution in [0.25, 0.3) is 0 Å². The number of methoxy groups -OCH3 is 1. The van der Waals surface area contributed by atoms with Crippen LogP contribution in [0.5, 0.6) is 5.88 Å². The third kappa shape index (κ3) is 2.58. The third-order valence-corrected chi connectivity index (χ3v) is 4.26. The first-order valence-corrected chi connectivity index (χ1v) is 7.31. The lowest BCUT2D eigenvalue weighted by molar-refractivity contribution is 0.0706. The van der Waals surface area contributed by atoms with Gasteiger partial charge in [-0.3, -0.25) is 4.90 Å². The maximum absolute atomic E-state index is 10.4. The molecule has 0 amide bonds. The summed E-state index contributed by atoms with van der Waals surface area (Å²) < 4.78 is 5.26. The molecule has 110 valence electrons. The summed E-state index contributed by atoms with van der Waals surface area (Å²) in [5.74, 6) is 1.26. The number of aliphatic hydroxyl groups is 1. The first-order chi connectivity index (χ1) is 9.79. The van der Waals surface area contributed by atoms with Crippen molar-refractivity contribution in [1.82, 2.24) is 14.9 Å². The highest BCUT2D eigenvalue weighted by Gasteiger charge is 2.37. The van der Waals surface area contributed by atoms with Gasteiger partial charge in [0.1, 0.15) is 0 Å². The van der Waals surface area contributed by atoms with Crippen molar-refractivity contribution in [3.8, 4) is 5.88 Å². The number of β-amino-alcohol motifs (C(OH)–C–C–N with tert-alkyl or cyclic N) is 1. The number of anilines is 1. The van der Waals surface area contributed by atoms with Crippen molar-refractivity contribution in [2.75, 3.05) is 38.2 Å². The SMILES string of the molecule is COc1nccnc1N1C[C@H](O)[C@@H](N2CCCCC2)C1. The zero-order chi connectivity index (χ0) is 13.9. The molecule has 0 aromatic carbocycles. The van der Waals surface area contributed by atoms with E-state index in [1.165, 1.54) is 19.3 Å². The van der Waals surface area contributed by atoms with Crippen LogP contribution in [0.15, 0.2) is 12.4 Å². The van der Waals surface area contributed by atoms with Gasteiger partial charge in [0.2, 0.25) is 0 Å². The van der Waals surface area contributed by atoms with Crippen molar-refractivity contribution < 1.29 is 9.84 Å². The summed E-state index contributed by atoms with van der Waals surface area (Å²) in [6.45, 7) is 3.56. The Kier molecular flexibility index (Phi) is 4.03. The summed E-state index contributed by atoms with van der Waals surface area (Å²) in [5.41, 5.74) is 0. The Balaban J connectivity index is 1.74. The van der Waals surface area contributed by atoms with Crippen molar-refractivity contribution in [1.29, 1.82) is 0 Å². The largest absolute Gasteiger partial charge is 0.478 e. The molecule has 0 spiro atoms. The van der Waals surface area contributed by atoms with Gasteiger partial charge in [-0.25, -0.2) is 9.97 Å². The van der Waals surface area contributed by atoms with E-state index in [0.29, 0.717) is 12.4 Å². The summed E-state index contributed by atoms with van der Waals surface area (Å²) >= 11 is 0. The second kappa shape index (κ2) is 5.93. The number of likely N-dealkylation sites (tertiary alicyclic amines) is 1. The summed E-state index contributed by atoms with van der Waals surface area (Å²) in [5, 5.41) is 10.4. The minimum atomic E-state index is -0.334. The molecule has 0 unspecified atom stereocenters. The van der Waals surface area contributed by atoms with Crippen molar-refractivity contribution >= 4 is 5.82 Å². The minimum Gasteiger partial charge on any atom is -0.478 e. The van der Waals surface area contributed by atoms with Gasteiger partial charge in [0.25, 0.3) is 5.88 Å². The molecule has 3 heterocycles. The van der Waals surface area contributed by atoms with Crippen molar-refractivity contribution in [3.05, 3.63) is 12.4 Å². The molecule has 2 aliphatic heterocycles. The van der Waals surface area contributed by atoms with Gasteiger partial charge in [0, 0.05) is 25.5 Å². The number of rotatable bonds is 3. The van der Waals surface area contributed by atoms with Crippen LogP contribution in [0, 0.1) is 0 Å². The lowest BCUT2D eigenvalue weighted by Gasteiger charge is -2.33. The Hall–Kier alpha value is -1.40. The first kappa shape index (κ1) is 13.6. The second-order valence-electron chi connectivity index (χ2n) is 5.53. The van der Waals surface area contributed by atoms with Gasteiger partial charge < -0.3 is 14.7 Å². The molecule has 1 aromatic heterocycles. The van der Waals surface area contributed by atoms with Crippen LogP contribution in [0.2, 0.25) is 0 Å². The molecule has 2 atom stereocenters. The minimum absolute atomic E-state index is 0.196. The summed E-state index contributed by atoms with van der Waals surface area (Å²) in [6.07, 6.45) is 6.73. The van der Waals surface area contributed by atoms with E-state index in [1.807, 2.05) is 0 Å². The van der Waals surface area contributed by atoms with Crippen LogP contribution >= 0.6 is 0 Å². The number of aromatic nitrogens is 2. The van der Waals surface area contributed by atoms with Crippen LogP contribution < -0.4 is 9.64 Å². The lowest BCUT2D eigenvalue weighted by Crippen LogP contribution is -2.45. The number of hydrogen-bond acceptors (Lipinski definition) is 6. The summed E-state index contributed by atoms with van der Waals surface area (Å²) in [6, 6.07) is 0.196. The maximum Gasteiger partial charge on any atom is 0.257 e. The van der Waals surface area contributed by atoms with Gasteiger partial charge in [-0.15, -0.1) is 0 Å². The van der Waals surface area contributed by atoms with E-state index in [0.717, 1.165) is 25.5 Å². The van der Waals surface area contributed by atoms with Crippen LogP contribution in [-0.4, -0.2) is 65.4 Å². The molecule has 2 saturated heterocycles. The Morgan fingerprint density at radius 3 is 2.65 bits per heavy atom. The molecule has 2 aliphatic rings. The molecule has 0 radical (unpaired) electrons. The van der Waals surface area contributed by atoms with Crippen LogP contribution in [0.4, 0.5) is 5.82 Å². The molecule has 0 saturated carbocycles. The summed E-state index contributed by atoms with van der Waals surface area (Å²) in [4.78, 5) is 13.0. The molecule has 0 bridgehead atoms. The quantitative estimate of drug-likeness (QED) is 0.870. The number of ether oxygens (including phenoxy) is 1. The number of piperidine rings is 1. The van der Waals surface area contributed by atoms with Gasteiger partial charge in [-0.2, -0.15) is 0 Å². The molecule has 1 N–H and O–H groups in total. The molecule has 6 heteroatoms. The first-order valence-electron chi connectivity index (χ1n) is 7.31. The maximum atomic E-state index is 10.4. The zero-order valence-corrected chi connectivity index (χ0v) is 11.9. The van der Waals surface area contributed by atoms with Gasteiger partial charge in [0.15, 0.2) is 5.82 Å². The number of hydrogen-bond donors (Lipinski definition) is 1. The summed E-state index contributed by atoms with van der Waals surface area (Å²) in [7, 11) is 1.60. The van der Waals surface area contributed by atoms with E-state index in [-0.39, 0.29) is 12.1 Å². The van der Waals surface area contributed by atoms with E-state index >= 15 is 0 Å². The second-order valence-corrected chi connectivity index (χ2v) is 5.53. The highest BCUT2D eigenvalue weighted by atomic mass is 16.5. The van der Waals surface area contributed by atoms with E-state index in [4.69, 9.17) is 4.74 Å². The zero-order valence-electron chi connectivity index (χ0n) is 11.9. The topological polar surface area (TPSA) is 61.7 Å². The van der Waals surface area contributed by atoms with Gasteiger partial charge in [-0.05, 0) is 25.9 Å². The van der Waals surface area contributed by atoms with Gasteiger partial charge in [0.05, 0.1) is 19.3 Å². The number of aliphatic hydroxyl groups excluding tert-OH is 1. The number of nitrogens with zero attached hydrogens (tertiary/aromatic N) is 4. The Morgan fingerprint density at radius 1 is 1.15 bits per heavy atom.